The van der Waals surface area contributed by atoms with E-state index in [4.69, 9.17) is 9.47 Å². The van der Waals surface area contributed by atoms with Crippen molar-refractivity contribution in [2.75, 3.05) is 6.54 Å². The fourth-order valence-electron chi connectivity index (χ4n) is 3.77. The molecule has 0 radical (unpaired) electrons. The van der Waals surface area contributed by atoms with Crippen LogP contribution in [0.5, 0.6) is 0 Å². The van der Waals surface area contributed by atoms with E-state index in [9.17, 15) is 19.5 Å². The van der Waals surface area contributed by atoms with Gasteiger partial charge in [-0.25, -0.2) is 9.59 Å². The molecule has 0 spiro atoms. The minimum Gasteiger partial charge on any atom is -0.481 e. The van der Waals surface area contributed by atoms with Crippen LogP contribution in [0.25, 0.3) is 0 Å². The van der Waals surface area contributed by atoms with Crippen molar-refractivity contribution in [2.24, 2.45) is 5.41 Å². The minimum absolute atomic E-state index is 0.0220. The van der Waals surface area contributed by atoms with Crippen molar-refractivity contribution in [3.8, 4) is 0 Å². The highest BCUT2D eigenvalue weighted by Crippen LogP contribution is 2.36. The number of nitrogens with one attached hydrogen (secondary N) is 1. The van der Waals surface area contributed by atoms with Crippen LogP contribution in [-0.4, -0.2) is 36.0 Å². The number of rotatable bonds is 8. The monoisotopic (exact) mass is 425 g/mol. The second kappa shape index (κ2) is 10.6. The summed E-state index contributed by atoms with van der Waals surface area (Å²) in [5.74, 6) is -1.52. The van der Waals surface area contributed by atoms with Crippen LogP contribution in [-0.2, 0) is 20.7 Å². The van der Waals surface area contributed by atoms with Crippen molar-refractivity contribution >= 4 is 18.0 Å². The lowest BCUT2D eigenvalue weighted by Gasteiger charge is -2.33. The first-order valence-corrected chi connectivity index (χ1v) is 10.5. The second-order valence-corrected chi connectivity index (χ2v) is 7.80. The van der Waals surface area contributed by atoms with E-state index in [1.54, 1.807) is 30.3 Å². The number of carboxylic acid groups (broad SMARTS) is 1. The Balaban J connectivity index is 1.64. The van der Waals surface area contributed by atoms with Gasteiger partial charge in [-0.3, -0.25) is 4.79 Å². The van der Waals surface area contributed by atoms with E-state index in [2.05, 4.69) is 5.32 Å². The van der Waals surface area contributed by atoms with E-state index in [0.717, 1.165) is 24.8 Å². The van der Waals surface area contributed by atoms with Crippen LogP contribution >= 0.6 is 0 Å². The third kappa shape index (κ3) is 6.31. The van der Waals surface area contributed by atoms with Crippen LogP contribution in [0.2, 0.25) is 0 Å². The molecule has 7 heteroatoms. The molecule has 0 aromatic heterocycles. The summed E-state index contributed by atoms with van der Waals surface area (Å²) in [5, 5.41) is 12.2. The standard InChI is InChI=1S/C24H27NO6/c26-21(19-12-6-2-7-13-19)30-20(16-18-10-4-1-5-11-18)31-23(29)25-17-24(22(27)28)14-8-3-9-15-24/h1-2,4-7,10-13,20H,3,8-9,14-17H2,(H,25,29)(H,27,28). The van der Waals surface area contributed by atoms with Gasteiger partial charge in [0, 0.05) is 13.0 Å². The zero-order valence-electron chi connectivity index (χ0n) is 17.3. The SMILES string of the molecule is O=C(NCC1(C(=O)O)CCCCC1)OC(Cc1ccccc1)OC(=O)c1ccccc1. The molecule has 0 bridgehead atoms. The van der Waals surface area contributed by atoms with Gasteiger partial charge < -0.3 is 19.9 Å². The molecule has 7 nitrogen and oxygen atoms in total. The summed E-state index contributed by atoms with van der Waals surface area (Å²) in [4.78, 5) is 36.7. The summed E-state index contributed by atoms with van der Waals surface area (Å²) in [6.07, 6.45) is 1.86. The van der Waals surface area contributed by atoms with Crippen molar-refractivity contribution in [3.05, 3.63) is 71.8 Å². The molecule has 164 valence electrons. The Morgan fingerprint density at radius 3 is 2.13 bits per heavy atom. The third-order valence-electron chi connectivity index (χ3n) is 5.57. The maximum atomic E-state index is 12.5. The van der Waals surface area contributed by atoms with Crippen molar-refractivity contribution in [1.82, 2.24) is 5.32 Å². The van der Waals surface area contributed by atoms with Crippen molar-refractivity contribution in [1.29, 1.82) is 0 Å². The minimum atomic E-state index is -1.15. The van der Waals surface area contributed by atoms with Crippen LogP contribution in [0, 0.1) is 5.41 Å². The molecule has 1 aliphatic rings. The Labute approximate surface area is 181 Å². The predicted molar refractivity (Wildman–Crippen MR) is 113 cm³/mol. The fraction of sp³-hybridized carbons (Fsp3) is 0.375. The number of alkyl carbamates (subject to hydrolysis) is 1. The average molecular weight is 425 g/mol. The molecule has 1 unspecified atom stereocenters. The number of carbonyl (C=O) groups excluding carboxylic acids is 2. The number of benzene rings is 2. The largest absolute Gasteiger partial charge is 0.481 e. The summed E-state index contributed by atoms with van der Waals surface area (Å²) in [7, 11) is 0. The molecule has 1 aliphatic carbocycles. The van der Waals surface area contributed by atoms with Crippen LogP contribution in [0.3, 0.4) is 0 Å². The van der Waals surface area contributed by atoms with Gasteiger partial charge in [0.2, 0.25) is 0 Å². The Kier molecular flexibility index (Phi) is 7.65. The zero-order valence-corrected chi connectivity index (χ0v) is 17.3. The number of hydrogen-bond donors (Lipinski definition) is 2. The average Bonchev–Trinajstić information content (AvgIpc) is 2.79. The lowest BCUT2D eigenvalue weighted by Crippen LogP contribution is -2.45. The summed E-state index contributed by atoms with van der Waals surface area (Å²) < 4.78 is 10.8. The maximum Gasteiger partial charge on any atom is 0.410 e. The van der Waals surface area contributed by atoms with Gasteiger partial charge >= 0.3 is 18.0 Å². The second-order valence-electron chi connectivity index (χ2n) is 7.80. The molecule has 0 heterocycles. The molecule has 0 aliphatic heterocycles. The number of esters is 1. The van der Waals surface area contributed by atoms with Crippen molar-refractivity contribution in [2.45, 2.75) is 44.8 Å². The van der Waals surface area contributed by atoms with E-state index in [-0.39, 0.29) is 13.0 Å². The molecule has 1 atom stereocenters. The Hall–Kier alpha value is -3.35. The van der Waals surface area contributed by atoms with Gasteiger partial charge in [-0.05, 0) is 30.5 Å². The molecule has 1 saturated carbocycles. The predicted octanol–water partition coefficient (Wildman–Crippen LogP) is 4.17. The quantitative estimate of drug-likeness (QED) is 0.486. The molecule has 2 aromatic rings. The molecular weight excluding hydrogens is 398 g/mol. The zero-order chi connectivity index (χ0) is 22.1. The van der Waals surface area contributed by atoms with Crippen LogP contribution < -0.4 is 5.32 Å². The Morgan fingerprint density at radius 1 is 0.903 bits per heavy atom. The number of carbonyl (C=O) groups is 3. The molecule has 2 N–H and O–H groups in total. The first-order chi connectivity index (χ1) is 15.0. The number of amides is 1. The van der Waals surface area contributed by atoms with Crippen LogP contribution in [0.1, 0.15) is 48.0 Å². The number of aliphatic carboxylic acids is 1. The number of ether oxygens (including phenoxy) is 2. The summed E-state index contributed by atoms with van der Waals surface area (Å²) in [5.41, 5.74) is 0.194. The lowest BCUT2D eigenvalue weighted by atomic mass is 9.74. The molecule has 1 amide bonds. The molecular formula is C24H27NO6. The highest BCUT2D eigenvalue weighted by molar-refractivity contribution is 5.89. The highest BCUT2D eigenvalue weighted by atomic mass is 16.7. The van der Waals surface area contributed by atoms with Crippen molar-refractivity contribution in [3.63, 3.8) is 0 Å². The van der Waals surface area contributed by atoms with Gasteiger partial charge in [0.05, 0.1) is 11.0 Å². The van der Waals surface area contributed by atoms with E-state index in [1.165, 1.54) is 0 Å². The van der Waals surface area contributed by atoms with E-state index < -0.39 is 29.7 Å². The Morgan fingerprint density at radius 2 is 1.52 bits per heavy atom. The molecule has 3 rings (SSSR count). The first-order valence-electron chi connectivity index (χ1n) is 10.5. The Bertz CT molecular complexity index is 877. The van der Waals surface area contributed by atoms with E-state index >= 15 is 0 Å². The first kappa shape index (κ1) is 22.3. The summed E-state index contributed by atoms with van der Waals surface area (Å²) in [6.45, 7) is -0.0220. The van der Waals surface area contributed by atoms with Gasteiger partial charge in [-0.2, -0.15) is 0 Å². The van der Waals surface area contributed by atoms with Gasteiger partial charge in [-0.15, -0.1) is 0 Å². The molecule has 1 fully saturated rings. The number of carboxylic acids is 1. The maximum absolute atomic E-state index is 12.5. The fourth-order valence-corrected chi connectivity index (χ4v) is 3.77. The van der Waals surface area contributed by atoms with Gasteiger partial charge in [0.1, 0.15) is 0 Å². The number of hydrogen-bond acceptors (Lipinski definition) is 5. The lowest BCUT2D eigenvalue weighted by molar-refractivity contribution is -0.150. The normalized spacial score (nSPS) is 16.0. The highest BCUT2D eigenvalue weighted by Gasteiger charge is 2.40. The molecule has 2 aromatic carbocycles. The topological polar surface area (TPSA) is 102 Å². The molecule has 31 heavy (non-hydrogen) atoms. The van der Waals surface area contributed by atoms with Crippen LogP contribution in [0.4, 0.5) is 4.79 Å². The molecule has 0 saturated heterocycles. The van der Waals surface area contributed by atoms with Crippen LogP contribution in [0.15, 0.2) is 60.7 Å². The van der Waals surface area contributed by atoms with E-state index in [1.807, 2.05) is 30.3 Å². The van der Waals surface area contributed by atoms with Gasteiger partial charge in [0.25, 0.3) is 6.29 Å². The summed E-state index contributed by atoms with van der Waals surface area (Å²) in [6, 6.07) is 17.7. The third-order valence-corrected chi connectivity index (χ3v) is 5.57. The van der Waals surface area contributed by atoms with Crippen molar-refractivity contribution < 1.29 is 29.0 Å². The summed E-state index contributed by atoms with van der Waals surface area (Å²) >= 11 is 0. The smallest absolute Gasteiger partial charge is 0.410 e. The van der Waals surface area contributed by atoms with Gasteiger partial charge in [-0.1, -0.05) is 67.8 Å². The van der Waals surface area contributed by atoms with Gasteiger partial charge in [0.15, 0.2) is 0 Å². The van der Waals surface area contributed by atoms with E-state index in [0.29, 0.717) is 18.4 Å².